The van der Waals surface area contributed by atoms with Crippen molar-refractivity contribution in [2.45, 2.75) is 25.4 Å². The molecule has 1 aromatic rings. The average molecular weight is 290 g/mol. The van der Waals surface area contributed by atoms with Gasteiger partial charge in [0.1, 0.15) is 6.61 Å². The van der Waals surface area contributed by atoms with Crippen molar-refractivity contribution in [3.05, 3.63) is 23.8 Å². The van der Waals surface area contributed by atoms with Gasteiger partial charge in [0.25, 0.3) is 0 Å². The zero-order valence-corrected chi connectivity index (χ0v) is 13.3. The molecule has 4 heteroatoms. The number of nitrogens with zero attached hydrogens (tertiary/aromatic N) is 2. The molecule has 2 atom stereocenters. The van der Waals surface area contributed by atoms with Crippen LogP contribution >= 0.6 is 0 Å². The van der Waals surface area contributed by atoms with Crippen LogP contribution < -0.4 is 9.47 Å². The molecule has 0 radical (unpaired) electrons. The van der Waals surface area contributed by atoms with Gasteiger partial charge < -0.3 is 14.4 Å². The minimum absolute atomic E-state index is 0.608. The van der Waals surface area contributed by atoms with Gasteiger partial charge in [0.2, 0.25) is 0 Å². The zero-order chi connectivity index (χ0) is 14.8. The summed E-state index contributed by atoms with van der Waals surface area (Å²) in [7, 11) is 5.84. The second-order valence-electron chi connectivity index (χ2n) is 6.59. The Kier molecular flexibility index (Phi) is 4.36. The van der Waals surface area contributed by atoms with E-state index in [0.29, 0.717) is 6.04 Å². The molecule has 1 saturated carbocycles. The molecule has 1 saturated heterocycles. The number of hydrogen-bond donors (Lipinski definition) is 0. The lowest BCUT2D eigenvalue weighted by atomic mass is 10.2. The van der Waals surface area contributed by atoms with Gasteiger partial charge in [-0.1, -0.05) is 6.07 Å². The summed E-state index contributed by atoms with van der Waals surface area (Å²) in [5.41, 5.74) is 1.24. The standard InChI is InChI=1S/C17H26N2O2/c1-18(2)9-14-6-7-16(17(8-14)20-3)21-12-15-11-19(15)10-13-4-5-13/h6-8,13,15H,4-5,9-12H2,1-3H3. The summed E-state index contributed by atoms with van der Waals surface area (Å²) in [6.45, 7) is 4.15. The summed E-state index contributed by atoms with van der Waals surface area (Å²) in [6, 6.07) is 6.83. The predicted molar refractivity (Wildman–Crippen MR) is 84.0 cm³/mol. The molecule has 21 heavy (non-hydrogen) atoms. The number of hydrogen-bond acceptors (Lipinski definition) is 4. The highest BCUT2D eigenvalue weighted by molar-refractivity contribution is 5.43. The molecule has 1 aromatic carbocycles. The molecule has 2 unspecified atom stereocenters. The van der Waals surface area contributed by atoms with Gasteiger partial charge in [0.05, 0.1) is 13.2 Å². The van der Waals surface area contributed by atoms with Crippen molar-refractivity contribution in [3.8, 4) is 11.5 Å². The van der Waals surface area contributed by atoms with Gasteiger partial charge in [0, 0.05) is 19.6 Å². The van der Waals surface area contributed by atoms with Gasteiger partial charge in [-0.25, -0.2) is 0 Å². The van der Waals surface area contributed by atoms with Crippen molar-refractivity contribution in [1.29, 1.82) is 0 Å². The molecule has 3 rings (SSSR count). The first-order valence-electron chi connectivity index (χ1n) is 7.84. The molecule has 0 N–H and O–H groups in total. The van der Waals surface area contributed by atoms with Crippen LogP contribution in [0.1, 0.15) is 18.4 Å². The fraction of sp³-hybridized carbons (Fsp3) is 0.647. The maximum atomic E-state index is 5.96. The Hall–Kier alpha value is -1.26. The van der Waals surface area contributed by atoms with Crippen molar-refractivity contribution in [3.63, 3.8) is 0 Å². The van der Waals surface area contributed by atoms with Gasteiger partial charge in [-0.2, -0.15) is 0 Å². The van der Waals surface area contributed by atoms with Crippen molar-refractivity contribution < 1.29 is 9.47 Å². The quantitative estimate of drug-likeness (QED) is 0.685. The molecule has 116 valence electrons. The van der Waals surface area contributed by atoms with Crippen LogP contribution in [-0.4, -0.2) is 56.7 Å². The van der Waals surface area contributed by atoms with E-state index in [0.717, 1.165) is 30.6 Å². The lowest BCUT2D eigenvalue weighted by Crippen LogP contribution is -2.13. The largest absolute Gasteiger partial charge is 0.493 e. The summed E-state index contributed by atoms with van der Waals surface area (Å²) in [4.78, 5) is 4.67. The van der Waals surface area contributed by atoms with Crippen molar-refractivity contribution >= 4 is 0 Å². The van der Waals surface area contributed by atoms with Crippen LogP contribution in [0.4, 0.5) is 0 Å². The van der Waals surface area contributed by atoms with E-state index < -0.39 is 0 Å². The van der Waals surface area contributed by atoms with Gasteiger partial charge >= 0.3 is 0 Å². The highest BCUT2D eigenvalue weighted by Crippen LogP contribution is 2.34. The Morgan fingerprint density at radius 1 is 1.24 bits per heavy atom. The number of rotatable bonds is 8. The molecule has 4 nitrogen and oxygen atoms in total. The van der Waals surface area contributed by atoms with Crippen LogP contribution in [0, 0.1) is 5.92 Å². The highest BCUT2D eigenvalue weighted by Gasteiger charge is 2.38. The Labute approximate surface area is 127 Å². The molecular weight excluding hydrogens is 264 g/mol. The first-order valence-corrected chi connectivity index (χ1v) is 7.84. The monoisotopic (exact) mass is 290 g/mol. The van der Waals surface area contributed by atoms with Crippen LogP contribution in [0.2, 0.25) is 0 Å². The fourth-order valence-corrected chi connectivity index (χ4v) is 2.72. The maximum Gasteiger partial charge on any atom is 0.161 e. The molecule has 2 aliphatic rings. The average Bonchev–Trinajstić information content (AvgIpc) is 3.36. The van der Waals surface area contributed by atoms with E-state index in [1.807, 2.05) is 6.07 Å². The van der Waals surface area contributed by atoms with Crippen LogP contribution in [0.25, 0.3) is 0 Å². The minimum atomic E-state index is 0.608. The van der Waals surface area contributed by atoms with Crippen LogP contribution in [-0.2, 0) is 6.54 Å². The van der Waals surface area contributed by atoms with E-state index in [1.54, 1.807) is 7.11 Å². The van der Waals surface area contributed by atoms with E-state index in [-0.39, 0.29) is 0 Å². The van der Waals surface area contributed by atoms with Crippen LogP contribution in [0.3, 0.4) is 0 Å². The van der Waals surface area contributed by atoms with Gasteiger partial charge in [0.15, 0.2) is 11.5 Å². The number of ether oxygens (including phenoxy) is 2. The lowest BCUT2D eigenvalue weighted by molar-refractivity contribution is 0.275. The topological polar surface area (TPSA) is 24.7 Å². The van der Waals surface area contributed by atoms with Gasteiger partial charge in [-0.15, -0.1) is 0 Å². The van der Waals surface area contributed by atoms with E-state index >= 15 is 0 Å². The molecule has 0 aromatic heterocycles. The third kappa shape index (κ3) is 4.11. The van der Waals surface area contributed by atoms with Gasteiger partial charge in [-0.05, 0) is 50.6 Å². The third-order valence-corrected chi connectivity index (χ3v) is 4.18. The van der Waals surface area contributed by atoms with E-state index in [9.17, 15) is 0 Å². The molecule has 1 heterocycles. The van der Waals surface area contributed by atoms with E-state index in [4.69, 9.17) is 9.47 Å². The fourth-order valence-electron chi connectivity index (χ4n) is 2.72. The summed E-state index contributed by atoms with van der Waals surface area (Å²) in [5.74, 6) is 2.66. The smallest absolute Gasteiger partial charge is 0.161 e. The second-order valence-corrected chi connectivity index (χ2v) is 6.59. The molecular formula is C17H26N2O2. The summed E-state index contributed by atoms with van der Waals surface area (Å²) in [5, 5.41) is 0. The van der Waals surface area contributed by atoms with E-state index in [1.165, 1.54) is 31.5 Å². The molecule has 2 fully saturated rings. The first-order chi connectivity index (χ1) is 10.2. The number of benzene rings is 1. The molecule has 1 aliphatic carbocycles. The minimum Gasteiger partial charge on any atom is -0.493 e. The van der Waals surface area contributed by atoms with Crippen molar-refractivity contribution in [2.24, 2.45) is 5.92 Å². The van der Waals surface area contributed by atoms with Crippen molar-refractivity contribution in [2.75, 3.05) is 40.9 Å². The Morgan fingerprint density at radius 3 is 2.71 bits per heavy atom. The normalized spacial score (nSPS) is 24.2. The van der Waals surface area contributed by atoms with Crippen molar-refractivity contribution in [1.82, 2.24) is 9.80 Å². The Bertz CT molecular complexity index is 486. The summed E-state index contributed by atoms with van der Waals surface area (Å²) >= 11 is 0. The zero-order valence-electron chi connectivity index (χ0n) is 13.3. The van der Waals surface area contributed by atoms with Gasteiger partial charge in [-0.3, -0.25) is 4.90 Å². The van der Waals surface area contributed by atoms with E-state index in [2.05, 4.69) is 36.0 Å². The maximum absolute atomic E-state index is 5.96. The molecule has 0 bridgehead atoms. The highest BCUT2D eigenvalue weighted by atomic mass is 16.5. The molecule has 0 spiro atoms. The SMILES string of the molecule is COc1cc(CN(C)C)ccc1OCC1CN1CC1CC1. The third-order valence-electron chi connectivity index (χ3n) is 4.18. The lowest BCUT2D eigenvalue weighted by Gasteiger charge is -2.14. The summed E-state index contributed by atoms with van der Waals surface area (Å²) in [6.07, 6.45) is 2.84. The first kappa shape index (κ1) is 14.7. The predicted octanol–water partition coefficient (Wildman–Crippen LogP) is 2.23. The Balaban J connectivity index is 1.52. The number of methoxy groups -OCH3 is 1. The molecule has 1 aliphatic heterocycles. The second kappa shape index (κ2) is 6.24. The summed E-state index contributed by atoms with van der Waals surface area (Å²) < 4.78 is 11.4. The molecule has 0 amide bonds. The van der Waals surface area contributed by atoms with Crippen LogP contribution in [0.5, 0.6) is 11.5 Å². The Morgan fingerprint density at radius 2 is 2.05 bits per heavy atom. The van der Waals surface area contributed by atoms with Crippen LogP contribution in [0.15, 0.2) is 18.2 Å².